The molecule has 0 spiro atoms. The van der Waals surface area contributed by atoms with E-state index in [2.05, 4.69) is 25.6 Å². The number of hydrogen-bond acceptors (Lipinski definition) is 6. The van der Waals surface area contributed by atoms with Crippen LogP contribution in [0, 0.1) is 0 Å². The van der Waals surface area contributed by atoms with Crippen LogP contribution in [0.25, 0.3) is 22.8 Å². The van der Waals surface area contributed by atoms with Crippen LogP contribution in [0.4, 0.5) is 0 Å². The second kappa shape index (κ2) is 6.62. The van der Waals surface area contributed by atoms with Crippen LogP contribution in [0.2, 0.25) is 10.0 Å². The van der Waals surface area contributed by atoms with Crippen LogP contribution in [-0.4, -0.2) is 30.4 Å². The van der Waals surface area contributed by atoms with Gasteiger partial charge in [0.15, 0.2) is 0 Å². The van der Waals surface area contributed by atoms with Gasteiger partial charge in [-0.05, 0) is 53.7 Å². The first-order valence-electron chi connectivity index (χ1n) is 7.29. The van der Waals surface area contributed by atoms with E-state index < -0.39 is 0 Å². The third-order valence-electron chi connectivity index (χ3n) is 3.39. The van der Waals surface area contributed by atoms with Crippen LogP contribution in [-0.2, 0) is 6.54 Å². The van der Waals surface area contributed by atoms with Gasteiger partial charge in [0.2, 0.25) is 17.6 Å². The van der Waals surface area contributed by atoms with Crippen molar-refractivity contribution in [2.24, 2.45) is 0 Å². The zero-order valence-electron chi connectivity index (χ0n) is 12.7. The molecule has 0 saturated heterocycles. The molecule has 0 aliphatic rings. The maximum Gasteiger partial charge on any atom is 0.247 e. The summed E-state index contributed by atoms with van der Waals surface area (Å²) in [6.07, 6.45) is 0. The lowest BCUT2D eigenvalue weighted by molar-refractivity contribution is 0.446. The first-order chi connectivity index (χ1) is 12.2. The first kappa shape index (κ1) is 15.7. The normalized spacial score (nSPS) is 11.0. The predicted molar refractivity (Wildman–Crippen MR) is 92.1 cm³/mol. The third kappa shape index (κ3) is 3.52. The summed E-state index contributed by atoms with van der Waals surface area (Å²) in [6.45, 7) is 0.223. The van der Waals surface area contributed by atoms with E-state index in [1.54, 1.807) is 24.3 Å². The van der Waals surface area contributed by atoms with E-state index in [-0.39, 0.29) is 6.54 Å². The van der Waals surface area contributed by atoms with Crippen molar-refractivity contribution in [2.75, 3.05) is 0 Å². The molecule has 0 fully saturated rings. The van der Waals surface area contributed by atoms with Crippen LogP contribution in [0.1, 0.15) is 5.89 Å². The molecule has 7 nitrogen and oxygen atoms in total. The van der Waals surface area contributed by atoms with E-state index in [9.17, 15) is 0 Å². The van der Waals surface area contributed by atoms with E-state index in [0.29, 0.717) is 27.7 Å². The second-order valence-electron chi connectivity index (χ2n) is 5.16. The summed E-state index contributed by atoms with van der Waals surface area (Å²) in [5, 5.41) is 21.7. The van der Waals surface area contributed by atoms with Crippen LogP contribution < -0.4 is 0 Å². The Morgan fingerprint density at radius 1 is 0.800 bits per heavy atom. The maximum atomic E-state index is 5.88. The molecular formula is C16H10Cl2N6O. The fourth-order valence-electron chi connectivity index (χ4n) is 2.17. The summed E-state index contributed by atoms with van der Waals surface area (Å²) >= 11 is 11.7. The van der Waals surface area contributed by atoms with Gasteiger partial charge in [0.1, 0.15) is 6.54 Å². The van der Waals surface area contributed by atoms with Gasteiger partial charge in [-0.25, -0.2) is 0 Å². The SMILES string of the molecule is Clc1ccc(-c2nnn(Cc3nnc(-c4ccc(Cl)cc4)o3)n2)cc1. The molecule has 25 heavy (non-hydrogen) atoms. The van der Waals surface area contributed by atoms with E-state index >= 15 is 0 Å². The molecule has 0 N–H and O–H groups in total. The minimum Gasteiger partial charge on any atom is -0.419 e. The van der Waals surface area contributed by atoms with E-state index in [0.717, 1.165) is 11.1 Å². The molecule has 2 aromatic heterocycles. The van der Waals surface area contributed by atoms with Crippen LogP contribution >= 0.6 is 23.2 Å². The molecule has 0 atom stereocenters. The summed E-state index contributed by atoms with van der Waals surface area (Å²) in [6, 6.07) is 14.3. The highest BCUT2D eigenvalue weighted by Crippen LogP contribution is 2.21. The Balaban J connectivity index is 1.51. The zero-order valence-corrected chi connectivity index (χ0v) is 14.2. The second-order valence-corrected chi connectivity index (χ2v) is 6.03. The van der Waals surface area contributed by atoms with Gasteiger partial charge in [0, 0.05) is 21.2 Å². The van der Waals surface area contributed by atoms with Gasteiger partial charge < -0.3 is 4.42 Å². The molecule has 124 valence electrons. The number of rotatable bonds is 4. The third-order valence-corrected chi connectivity index (χ3v) is 3.89. The van der Waals surface area contributed by atoms with Crippen molar-refractivity contribution < 1.29 is 4.42 Å². The highest BCUT2D eigenvalue weighted by Gasteiger charge is 2.12. The van der Waals surface area contributed by atoms with Crippen molar-refractivity contribution in [3.05, 3.63) is 64.5 Å². The van der Waals surface area contributed by atoms with Crippen molar-refractivity contribution in [1.29, 1.82) is 0 Å². The van der Waals surface area contributed by atoms with E-state index in [1.807, 2.05) is 24.3 Å². The Morgan fingerprint density at radius 2 is 1.44 bits per heavy atom. The Hall–Kier alpha value is -2.77. The molecule has 0 aliphatic heterocycles. The molecule has 2 aromatic carbocycles. The lowest BCUT2D eigenvalue weighted by Gasteiger charge is -1.95. The molecule has 2 heterocycles. The molecule has 0 amide bonds. The fourth-order valence-corrected chi connectivity index (χ4v) is 2.42. The molecular weight excluding hydrogens is 363 g/mol. The molecule has 4 aromatic rings. The van der Waals surface area contributed by atoms with Gasteiger partial charge >= 0.3 is 0 Å². The predicted octanol–water partition coefficient (Wildman–Crippen LogP) is 3.75. The number of aromatic nitrogens is 6. The van der Waals surface area contributed by atoms with Gasteiger partial charge in [0.05, 0.1) is 0 Å². The number of hydrogen-bond donors (Lipinski definition) is 0. The summed E-state index contributed by atoms with van der Waals surface area (Å²) in [5.41, 5.74) is 1.61. The van der Waals surface area contributed by atoms with Crippen molar-refractivity contribution in [3.8, 4) is 22.8 Å². The average Bonchev–Trinajstić information content (AvgIpc) is 3.27. The van der Waals surface area contributed by atoms with Gasteiger partial charge in [0.25, 0.3) is 0 Å². The summed E-state index contributed by atoms with van der Waals surface area (Å²) in [7, 11) is 0. The number of tetrazole rings is 1. The topological polar surface area (TPSA) is 82.5 Å². The van der Waals surface area contributed by atoms with Crippen molar-refractivity contribution in [1.82, 2.24) is 30.4 Å². The van der Waals surface area contributed by atoms with E-state index in [4.69, 9.17) is 27.6 Å². The standard InChI is InChI=1S/C16H10Cl2N6O/c17-12-5-1-10(2-6-12)15-20-23-24(22-15)9-14-19-21-16(25-14)11-3-7-13(18)8-4-11/h1-8H,9H2. The molecule has 0 unspecified atom stereocenters. The maximum absolute atomic E-state index is 5.88. The number of halogens is 2. The zero-order chi connectivity index (χ0) is 17.2. The fraction of sp³-hybridized carbons (Fsp3) is 0.0625. The Kier molecular flexibility index (Phi) is 4.17. The molecule has 4 rings (SSSR count). The minimum atomic E-state index is 0.223. The molecule has 0 radical (unpaired) electrons. The Labute approximate surface area is 152 Å². The van der Waals surface area contributed by atoms with Crippen LogP contribution in [0.3, 0.4) is 0 Å². The summed E-state index contributed by atoms with van der Waals surface area (Å²) in [4.78, 5) is 1.39. The average molecular weight is 373 g/mol. The minimum absolute atomic E-state index is 0.223. The first-order valence-corrected chi connectivity index (χ1v) is 8.05. The van der Waals surface area contributed by atoms with Crippen LogP contribution in [0.5, 0.6) is 0 Å². The summed E-state index contributed by atoms with van der Waals surface area (Å²) < 4.78 is 5.63. The van der Waals surface area contributed by atoms with Gasteiger partial charge in [-0.15, -0.1) is 20.4 Å². The quantitative estimate of drug-likeness (QED) is 0.542. The van der Waals surface area contributed by atoms with Gasteiger partial charge in [-0.2, -0.15) is 4.80 Å². The summed E-state index contributed by atoms with van der Waals surface area (Å²) in [5.74, 6) is 1.28. The largest absolute Gasteiger partial charge is 0.419 e. The molecule has 9 heteroatoms. The molecule has 0 saturated carbocycles. The smallest absolute Gasteiger partial charge is 0.247 e. The highest BCUT2D eigenvalue weighted by atomic mass is 35.5. The monoisotopic (exact) mass is 372 g/mol. The lowest BCUT2D eigenvalue weighted by atomic mass is 10.2. The molecule has 0 bridgehead atoms. The highest BCUT2D eigenvalue weighted by molar-refractivity contribution is 6.30. The van der Waals surface area contributed by atoms with E-state index in [1.165, 1.54) is 4.80 Å². The lowest BCUT2D eigenvalue weighted by Crippen LogP contribution is -2.04. The Bertz CT molecular complexity index is 912. The number of nitrogens with zero attached hydrogens (tertiary/aromatic N) is 6. The van der Waals surface area contributed by atoms with Gasteiger partial charge in [-0.3, -0.25) is 0 Å². The van der Waals surface area contributed by atoms with Crippen molar-refractivity contribution in [2.45, 2.75) is 6.54 Å². The molecule has 0 aliphatic carbocycles. The van der Waals surface area contributed by atoms with Gasteiger partial charge in [-0.1, -0.05) is 23.2 Å². The van der Waals surface area contributed by atoms with Crippen molar-refractivity contribution in [3.63, 3.8) is 0 Å². The number of benzene rings is 2. The van der Waals surface area contributed by atoms with Crippen molar-refractivity contribution >= 4 is 23.2 Å². The Morgan fingerprint density at radius 3 is 2.12 bits per heavy atom. The van der Waals surface area contributed by atoms with Crippen LogP contribution in [0.15, 0.2) is 52.9 Å².